The van der Waals surface area contributed by atoms with Gasteiger partial charge in [-0.25, -0.2) is 8.42 Å². The van der Waals surface area contributed by atoms with Crippen molar-refractivity contribution in [3.8, 4) is 0 Å². The van der Waals surface area contributed by atoms with Crippen LogP contribution in [-0.2, 0) is 15.5 Å². The van der Waals surface area contributed by atoms with Gasteiger partial charge in [0.25, 0.3) is 14.2 Å². The fraction of sp³-hybridized carbons (Fsp3) is 0.333. The first kappa shape index (κ1) is 15.5. The predicted molar refractivity (Wildman–Crippen MR) is 80.4 cm³/mol. The second-order valence-electron chi connectivity index (χ2n) is 4.61. The summed E-state index contributed by atoms with van der Waals surface area (Å²) in [4.78, 5) is 0. The molecule has 0 fully saturated rings. The number of benzene rings is 1. The molecule has 0 saturated carbocycles. The van der Waals surface area contributed by atoms with Crippen LogP contribution in [0.2, 0.25) is 0 Å². The lowest BCUT2D eigenvalue weighted by molar-refractivity contribution is 0.512. The lowest BCUT2D eigenvalue weighted by Crippen LogP contribution is -2.12. The summed E-state index contributed by atoms with van der Waals surface area (Å²) in [5.41, 5.74) is 1.01. The fourth-order valence-electron chi connectivity index (χ4n) is 1.94. The van der Waals surface area contributed by atoms with Gasteiger partial charge < -0.3 is 0 Å². The standard InChI is InChI=1S/C12H13BrClN3O2S/c1-8(2)17-11(15-16-12(17)20(14,18)19)7-9-4-3-5-10(13)6-9/h3-6,8H,7H2,1-2H3. The van der Waals surface area contributed by atoms with Gasteiger partial charge in [0.05, 0.1) is 0 Å². The Morgan fingerprint density at radius 2 is 2.05 bits per heavy atom. The van der Waals surface area contributed by atoms with E-state index in [4.69, 9.17) is 10.7 Å². The van der Waals surface area contributed by atoms with Gasteiger partial charge >= 0.3 is 0 Å². The van der Waals surface area contributed by atoms with E-state index in [1.807, 2.05) is 38.1 Å². The van der Waals surface area contributed by atoms with Crippen LogP contribution in [0.4, 0.5) is 0 Å². The molecule has 108 valence electrons. The normalized spacial score (nSPS) is 12.1. The van der Waals surface area contributed by atoms with Gasteiger partial charge in [0.15, 0.2) is 0 Å². The van der Waals surface area contributed by atoms with Gasteiger partial charge in [-0.05, 0) is 31.5 Å². The smallest absolute Gasteiger partial charge is 0.296 e. The molecule has 0 amide bonds. The largest absolute Gasteiger partial charge is 0.298 e. The zero-order chi connectivity index (χ0) is 14.9. The van der Waals surface area contributed by atoms with Crippen molar-refractivity contribution in [3.05, 3.63) is 40.1 Å². The van der Waals surface area contributed by atoms with E-state index in [1.54, 1.807) is 4.57 Å². The average molecular weight is 379 g/mol. The molecule has 0 aliphatic rings. The first-order valence-electron chi connectivity index (χ1n) is 5.92. The van der Waals surface area contributed by atoms with E-state index in [-0.39, 0.29) is 11.2 Å². The highest BCUT2D eigenvalue weighted by Gasteiger charge is 2.24. The van der Waals surface area contributed by atoms with Gasteiger partial charge in [-0.3, -0.25) is 4.57 Å². The molecule has 0 N–H and O–H groups in total. The second kappa shape index (κ2) is 5.83. The fourth-order valence-corrected chi connectivity index (χ4v) is 3.39. The molecule has 0 aliphatic carbocycles. The van der Waals surface area contributed by atoms with E-state index in [0.717, 1.165) is 10.0 Å². The Kier molecular flexibility index (Phi) is 4.51. The van der Waals surface area contributed by atoms with Crippen LogP contribution in [-0.4, -0.2) is 23.2 Å². The van der Waals surface area contributed by atoms with Gasteiger partial charge in [-0.2, -0.15) is 0 Å². The first-order chi connectivity index (χ1) is 9.29. The molecule has 0 aliphatic heterocycles. The number of hydrogen-bond acceptors (Lipinski definition) is 4. The maximum Gasteiger partial charge on any atom is 0.296 e. The molecule has 5 nitrogen and oxygen atoms in total. The number of hydrogen-bond donors (Lipinski definition) is 0. The van der Waals surface area contributed by atoms with E-state index < -0.39 is 9.05 Å². The average Bonchev–Trinajstić information content (AvgIpc) is 2.72. The predicted octanol–water partition coefficient (Wildman–Crippen LogP) is 3.14. The van der Waals surface area contributed by atoms with Crippen molar-refractivity contribution in [2.75, 3.05) is 0 Å². The molecular formula is C12H13BrClN3O2S. The van der Waals surface area contributed by atoms with Crippen LogP contribution in [0.3, 0.4) is 0 Å². The summed E-state index contributed by atoms with van der Waals surface area (Å²) in [7, 11) is 1.48. The molecule has 0 saturated heterocycles. The maximum atomic E-state index is 11.5. The van der Waals surface area contributed by atoms with Crippen LogP contribution < -0.4 is 0 Å². The Hall–Kier alpha value is -0.920. The molecule has 1 heterocycles. The van der Waals surface area contributed by atoms with Crippen molar-refractivity contribution in [3.63, 3.8) is 0 Å². The lowest BCUT2D eigenvalue weighted by atomic mass is 10.1. The van der Waals surface area contributed by atoms with Gasteiger partial charge in [-0.15, -0.1) is 10.2 Å². The molecule has 0 radical (unpaired) electrons. The molecule has 0 unspecified atom stereocenters. The van der Waals surface area contributed by atoms with Crippen molar-refractivity contribution in [2.24, 2.45) is 0 Å². The Morgan fingerprint density at radius 3 is 2.60 bits per heavy atom. The lowest BCUT2D eigenvalue weighted by Gasteiger charge is -2.12. The quantitative estimate of drug-likeness (QED) is 0.767. The highest BCUT2D eigenvalue weighted by molar-refractivity contribution is 9.10. The van der Waals surface area contributed by atoms with E-state index >= 15 is 0 Å². The van der Waals surface area contributed by atoms with Crippen molar-refractivity contribution in [1.29, 1.82) is 0 Å². The minimum absolute atomic E-state index is 0.101. The number of nitrogens with zero attached hydrogens (tertiary/aromatic N) is 3. The monoisotopic (exact) mass is 377 g/mol. The van der Waals surface area contributed by atoms with Crippen molar-refractivity contribution >= 4 is 35.7 Å². The Labute approximate surface area is 130 Å². The molecule has 0 atom stereocenters. The Bertz CT molecular complexity index is 728. The summed E-state index contributed by atoms with van der Waals surface area (Å²) in [5, 5.41) is 7.46. The Morgan fingerprint density at radius 1 is 1.35 bits per heavy atom. The van der Waals surface area contributed by atoms with Crippen molar-refractivity contribution < 1.29 is 8.42 Å². The zero-order valence-electron chi connectivity index (χ0n) is 10.9. The second-order valence-corrected chi connectivity index (χ2v) is 7.98. The zero-order valence-corrected chi connectivity index (χ0v) is 14.1. The molecule has 1 aromatic carbocycles. The van der Waals surface area contributed by atoms with Crippen LogP contribution in [0.1, 0.15) is 31.3 Å². The van der Waals surface area contributed by atoms with Gasteiger partial charge in [-0.1, -0.05) is 28.1 Å². The molecule has 2 aromatic rings. The number of halogens is 2. The van der Waals surface area contributed by atoms with Gasteiger partial charge in [0.2, 0.25) is 0 Å². The molecule has 1 aromatic heterocycles. The van der Waals surface area contributed by atoms with Crippen molar-refractivity contribution in [1.82, 2.24) is 14.8 Å². The van der Waals surface area contributed by atoms with Crippen LogP contribution in [0.15, 0.2) is 33.9 Å². The maximum absolute atomic E-state index is 11.5. The summed E-state index contributed by atoms with van der Waals surface area (Å²) >= 11 is 3.40. The topological polar surface area (TPSA) is 64.8 Å². The van der Waals surface area contributed by atoms with Crippen LogP contribution >= 0.6 is 26.6 Å². The third kappa shape index (κ3) is 3.39. The van der Waals surface area contributed by atoms with Crippen LogP contribution in [0.25, 0.3) is 0 Å². The number of rotatable bonds is 4. The molecule has 20 heavy (non-hydrogen) atoms. The van der Waals surface area contributed by atoms with Crippen molar-refractivity contribution in [2.45, 2.75) is 31.5 Å². The minimum atomic E-state index is -3.91. The number of aromatic nitrogens is 3. The highest BCUT2D eigenvalue weighted by Crippen LogP contribution is 2.22. The molecule has 8 heteroatoms. The third-order valence-electron chi connectivity index (χ3n) is 2.72. The third-order valence-corrected chi connectivity index (χ3v) is 4.34. The SMILES string of the molecule is CC(C)n1c(Cc2cccc(Br)c2)nnc1S(=O)(=O)Cl. The van der Waals surface area contributed by atoms with Crippen LogP contribution in [0, 0.1) is 0 Å². The minimum Gasteiger partial charge on any atom is -0.298 e. The van der Waals surface area contributed by atoms with Gasteiger partial charge in [0, 0.05) is 27.6 Å². The summed E-state index contributed by atoms with van der Waals surface area (Å²) < 4.78 is 25.5. The molecule has 2 rings (SSSR count). The first-order valence-corrected chi connectivity index (χ1v) is 9.02. The summed E-state index contributed by atoms with van der Waals surface area (Å²) in [6.07, 6.45) is 0.483. The van der Waals surface area contributed by atoms with Gasteiger partial charge in [0.1, 0.15) is 5.82 Å². The molecule has 0 spiro atoms. The summed E-state index contributed by atoms with van der Waals surface area (Å²) in [6, 6.07) is 7.63. The Balaban J connectivity index is 2.45. The van der Waals surface area contributed by atoms with E-state index in [9.17, 15) is 8.42 Å². The molecule has 0 bridgehead atoms. The highest BCUT2D eigenvalue weighted by atomic mass is 79.9. The van der Waals surface area contributed by atoms with Crippen LogP contribution in [0.5, 0.6) is 0 Å². The summed E-state index contributed by atoms with van der Waals surface area (Å²) in [6.45, 7) is 3.72. The van der Waals surface area contributed by atoms with E-state index in [1.165, 1.54) is 0 Å². The molecular weight excluding hydrogens is 366 g/mol. The van der Waals surface area contributed by atoms with E-state index in [0.29, 0.717) is 12.2 Å². The summed E-state index contributed by atoms with van der Waals surface area (Å²) in [5.74, 6) is 0.567. The van der Waals surface area contributed by atoms with E-state index in [2.05, 4.69) is 26.1 Å².